The van der Waals surface area contributed by atoms with Crippen LogP contribution in [-0.4, -0.2) is 16.9 Å². The zero-order chi connectivity index (χ0) is 13.1. The van der Waals surface area contributed by atoms with Gasteiger partial charge in [0, 0.05) is 7.05 Å². The summed E-state index contributed by atoms with van der Waals surface area (Å²) < 4.78 is 7.06. The Labute approximate surface area is 107 Å². The van der Waals surface area contributed by atoms with Gasteiger partial charge in [0.15, 0.2) is 5.75 Å². The molecule has 0 aliphatic rings. The maximum atomic E-state index is 6.25. The van der Waals surface area contributed by atoms with E-state index in [1.165, 1.54) is 11.1 Å². The molecule has 4 heteroatoms. The molecular formula is C14H19N3O. The van der Waals surface area contributed by atoms with Crippen LogP contribution in [0.3, 0.4) is 0 Å². The molecule has 2 aromatic rings. The highest BCUT2D eigenvalue weighted by Crippen LogP contribution is 2.25. The van der Waals surface area contributed by atoms with Crippen molar-refractivity contribution in [2.24, 2.45) is 12.8 Å². The van der Waals surface area contributed by atoms with Gasteiger partial charge in [-0.3, -0.25) is 4.68 Å². The average molecular weight is 245 g/mol. The number of rotatable bonds is 4. The Hall–Kier alpha value is -1.81. The Morgan fingerprint density at radius 2 is 2.00 bits per heavy atom. The van der Waals surface area contributed by atoms with Gasteiger partial charge in [0.2, 0.25) is 0 Å². The molecule has 0 saturated heterocycles. The smallest absolute Gasteiger partial charge is 0.161 e. The first-order valence-electron chi connectivity index (χ1n) is 5.99. The fourth-order valence-corrected chi connectivity index (χ4v) is 2.08. The number of hydrogen-bond acceptors (Lipinski definition) is 3. The van der Waals surface area contributed by atoms with E-state index < -0.39 is 0 Å². The number of hydrogen-bond donors (Lipinski definition) is 1. The van der Waals surface area contributed by atoms with Crippen LogP contribution >= 0.6 is 0 Å². The number of nitrogens with two attached hydrogens (primary N) is 1. The van der Waals surface area contributed by atoms with Crippen LogP contribution in [0.15, 0.2) is 30.5 Å². The van der Waals surface area contributed by atoms with Gasteiger partial charge in [-0.1, -0.05) is 29.8 Å². The molecule has 0 aliphatic heterocycles. The predicted octanol–water partition coefficient (Wildman–Crippen LogP) is 1.98. The van der Waals surface area contributed by atoms with Crippen LogP contribution in [-0.2, 0) is 13.5 Å². The van der Waals surface area contributed by atoms with Crippen LogP contribution in [0.2, 0.25) is 0 Å². The Bertz CT molecular complexity index is 516. The Morgan fingerprint density at radius 1 is 1.33 bits per heavy atom. The van der Waals surface area contributed by atoms with Gasteiger partial charge < -0.3 is 10.5 Å². The number of nitrogens with zero attached hydrogens (tertiary/aromatic N) is 2. The van der Waals surface area contributed by atoms with E-state index in [4.69, 9.17) is 10.5 Å². The van der Waals surface area contributed by atoms with Gasteiger partial charge in [-0.25, -0.2) is 0 Å². The summed E-state index contributed by atoms with van der Waals surface area (Å²) in [6.45, 7) is 2.08. The van der Waals surface area contributed by atoms with Crippen LogP contribution < -0.4 is 10.5 Å². The van der Waals surface area contributed by atoms with Crippen molar-refractivity contribution < 1.29 is 4.74 Å². The van der Waals surface area contributed by atoms with E-state index in [0.717, 1.165) is 17.9 Å². The summed E-state index contributed by atoms with van der Waals surface area (Å²) in [6, 6.07) is 8.30. The van der Waals surface area contributed by atoms with E-state index in [-0.39, 0.29) is 6.04 Å². The molecule has 0 aliphatic carbocycles. The maximum Gasteiger partial charge on any atom is 0.161 e. The van der Waals surface area contributed by atoms with Crippen molar-refractivity contribution in [3.63, 3.8) is 0 Å². The second kappa shape index (κ2) is 5.23. The lowest BCUT2D eigenvalue weighted by atomic mass is 10.0. The molecule has 1 heterocycles. The number of aryl methyl sites for hydroxylation is 2. The molecular weight excluding hydrogens is 226 g/mol. The molecule has 0 spiro atoms. The molecule has 4 nitrogen and oxygen atoms in total. The van der Waals surface area contributed by atoms with Crippen molar-refractivity contribution in [3.05, 3.63) is 47.3 Å². The van der Waals surface area contributed by atoms with Crippen molar-refractivity contribution >= 4 is 0 Å². The minimum absolute atomic E-state index is 0.116. The summed E-state index contributed by atoms with van der Waals surface area (Å²) in [5.41, 5.74) is 9.65. The number of ether oxygens (including phenoxy) is 1. The quantitative estimate of drug-likeness (QED) is 0.896. The van der Waals surface area contributed by atoms with Gasteiger partial charge in [0.05, 0.1) is 25.0 Å². The normalized spacial score (nSPS) is 12.4. The number of benzene rings is 1. The van der Waals surface area contributed by atoms with Crippen molar-refractivity contribution in [1.29, 1.82) is 0 Å². The van der Waals surface area contributed by atoms with Crippen LogP contribution in [0.5, 0.6) is 5.75 Å². The topological polar surface area (TPSA) is 53.1 Å². The first kappa shape index (κ1) is 12.6. The molecule has 18 heavy (non-hydrogen) atoms. The summed E-state index contributed by atoms with van der Waals surface area (Å²) in [5, 5.41) is 4.18. The zero-order valence-corrected chi connectivity index (χ0v) is 11.1. The second-order valence-corrected chi connectivity index (χ2v) is 4.52. The molecule has 0 amide bonds. The van der Waals surface area contributed by atoms with Gasteiger partial charge in [-0.15, -0.1) is 0 Å². The molecule has 96 valence electrons. The van der Waals surface area contributed by atoms with Crippen molar-refractivity contribution in [3.8, 4) is 5.75 Å². The molecule has 1 aromatic carbocycles. The monoisotopic (exact) mass is 245 g/mol. The molecule has 1 atom stereocenters. The second-order valence-electron chi connectivity index (χ2n) is 4.52. The van der Waals surface area contributed by atoms with Gasteiger partial charge in [0.1, 0.15) is 0 Å². The molecule has 2 rings (SSSR count). The first-order chi connectivity index (χ1) is 8.61. The zero-order valence-electron chi connectivity index (χ0n) is 11.1. The summed E-state index contributed by atoms with van der Waals surface area (Å²) in [5.74, 6) is 0.747. The maximum absolute atomic E-state index is 6.25. The van der Waals surface area contributed by atoms with Crippen molar-refractivity contribution in [1.82, 2.24) is 9.78 Å². The van der Waals surface area contributed by atoms with Gasteiger partial charge in [-0.2, -0.15) is 5.10 Å². The molecule has 0 bridgehead atoms. The Kier molecular flexibility index (Phi) is 3.67. The molecule has 2 N–H and O–H groups in total. The molecule has 1 unspecified atom stereocenters. The molecule has 1 aromatic heterocycles. The SMILES string of the molecule is COc1cnn(C)c1C(N)Cc1ccc(C)cc1. The fraction of sp³-hybridized carbons (Fsp3) is 0.357. The minimum atomic E-state index is -0.116. The summed E-state index contributed by atoms with van der Waals surface area (Å²) >= 11 is 0. The largest absolute Gasteiger partial charge is 0.493 e. The number of aromatic nitrogens is 2. The van der Waals surface area contributed by atoms with Crippen molar-refractivity contribution in [2.45, 2.75) is 19.4 Å². The molecule has 0 fully saturated rings. The lowest BCUT2D eigenvalue weighted by molar-refractivity contribution is 0.402. The van der Waals surface area contributed by atoms with Crippen LogP contribution in [0.1, 0.15) is 22.9 Å². The predicted molar refractivity (Wildman–Crippen MR) is 71.6 cm³/mol. The summed E-state index contributed by atoms with van der Waals surface area (Å²) in [7, 11) is 3.52. The van der Waals surface area contributed by atoms with Gasteiger partial charge in [0.25, 0.3) is 0 Å². The lowest BCUT2D eigenvalue weighted by Crippen LogP contribution is -2.18. The Morgan fingerprint density at radius 3 is 2.61 bits per heavy atom. The van der Waals surface area contributed by atoms with Crippen LogP contribution in [0.25, 0.3) is 0 Å². The van der Waals surface area contributed by atoms with E-state index in [1.807, 2.05) is 7.05 Å². The van der Waals surface area contributed by atoms with E-state index in [9.17, 15) is 0 Å². The van der Waals surface area contributed by atoms with Crippen LogP contribution in [0.4, 0.5) is 0 Å². The van der Waals surface area contributed by atoms with Crippen molar-refractivity contribution in [2.75, 3.05) is 7.11 Å². The molecule has 0 saturated carbocycles. The third-order valence-electron chi connectivity index (χ3n) is 3.10. The lowest BCUT2D eigenvalue weighted by Gasteiger charge is -2.14. The summed E-state index contributed by atoms with van der Waals surface area (Å²) in [6.07, 6.45) is 2.47. The van der Waals surface area contributed by atoms with Gasteiger partial charge >= 0.3 is 0 Å². The Balaban J connectivity index is 2.18. The number of methoxy groups -OCH3 is 1. The van der Waals surface area contributed by atoms with Gasteiger partial charge in [-0.05, 0) is 18.9 Å². The van der Waals surface area contributed by atoms with E-state index in [0.29, 0.717) is 0 Å². The third-order valence-corrected chi connectivity index (χ3v) is 3.10. The fourth-order valence-electron chi connectivity index (χ4n) is 2.08. The molecule has 0 radical (unpaired) electrons. The van der Waals surface area contributed by atoms with E-state index in [2.05, 4.69) is 36.3 Å². The highest BCUT2D eigenvalue weighted by Gasteiger charge is 2.17. The first-order valence-corrected chi connectivity index (χ1v) is 5.99. The average Bonchev–Trinajstić information content (AvgIpc) is 2.73. The summed E-state index contributed by atoms with van der Waals surface area (Å²) in [4.78, 5) is 0. The van der Waals surface area contributed by atoms with E-state index in [1.54, 1.807) is 18.0 Å². The highest BCUT2D eigenvalue weighted by atomic mass is 16.5. The van der Waals surface area contributed by atoms with Crippen LogP contribution in [0, 0.1) is 6.92 Å². The van der Waals surface area contributed by atoms with E-state index >= 15 is 0 Å². The third kappa shape index (κ3) is 2.54. The minimum Gasteiger partial charge on any atom is -0.493 e. The standard InChI is InChI=1S/C14H19N3O/c1-10-4-6-11(7-5-10)8-12(15)14-13(18-3)9-16-17(14)2/h4-7,9,12H,8,15H2,1-3H3. The highest BCUT2D eigenvalue weighted by molar-refractivity contribution is 5.30.